The van der Waals surface area contributed by atoms with Gasteiger partial charge in [0, 0.05) is 6.54 Å². The zero-order valence-electron chi connectivity index (χ0n) is 14.2. The molecule has 0 radical (unpaired) electrons. The molecule has 2 aromatic rings. The van der Waals surface area contributed by atoms with Crippen LogP contribution in [0.1, 0.15) is 5.56 Å². The van der Waals surface area contributed by atoms with E-state index in [2.05, 4.69) is 5.32 Å². The zero-order chi connectivity index (χ0) is 19.3. The normalized spacial score (nSPS) is 11.1. The number of nitrogens with zero attached hydrogens (tertiary/aromatic N) is 1. The Morgan fingerprint density at radius 3 is 2.19 bits per heavy atom. The van der Waals surface area contributed by atoms with Gasteiger partial charge in [0.25, 0.3) is 0 Å². The quantitative estimate of drug-likeness (QED) is 0.793. The highest BCUT2D eigenvalue weighted by Gasteiger charge is 2.26. The van der Waals surface area contributed by atoms with Gasteiger partial charge in [-0.1, -0.05) is 18.2 Å². The highest BCUT2D eigenvalue weighted by molar-refractivity contribution is 7.92. The van der Waals surface area contributed by atoms with E-state index in [9.17, 15) is 22.0 Å². The third-order valence-corrected chi connectivity index (χ3v) is 4.64. The molecule has 0 atom stereocenters. The van der Waals surface area contributed by atoms with Gasteiger partial charge in [0.05, 0.1) is 13.4 Å². The summed E-state index contributed by atoms with van der Waals surface area (Å²) in [5.41, 5.74) is -0.0308. The lowest BCUT2D eigenvalue weighted by molar-refractivity contribution is -0.119. The molecule has 2 rings (SSSR count). The van der Waals surface area contributed by atoms with E-state index >= 15 is 0 Å². The molecule has 0 aliphatic carbocycles. The first-order valence-electron chi connectivity index (χ1n) is 7.53. The largest absolute Gasteiger partial charge is 0.497 e. The average molecular weight is 384 g/mol. The van der Waals surface area contributed by atoms with E-state index in [4.69, 9.17) is 4.74 Å². The molecule has 1 amide bonds. The first kappa shape index (κ1) is 19.6. The minimum Gasteiger partial charge on any atom is -0.497 e. The second-order valence-electron chi connectivity index (χ2n) is 5.46. The molecule has 9 heteroatoms. The van der Waals surface area contributed by atoms with Crippen molar-refractivity contribution in [1.82, 2.24) is 5.32 Å². The van der Waals surface area contributed by atoms with E-state index in [1.54, 1.807) is 24.3 Å². The smallest absolute Gasteiger partial charge is 0.241 e. The first-order chi connectivity index (χ1) is 12.2. The molecule has 0 fully saturated rings. The van der Waals surface area contributed by atoms with Crippen LogP contribution in [0.15, 0.2) is 42.5 Å². The fourth-order valence-electron chi connectivity index (χ4n) is 2.22. The van der Waals surface area contributed by atoms with Gasteiger partial charge in [-0.15, -0.1) is 0 Å². The lowest BCUT2D eigenvalue weighted by atomic mass is 10.2. The molecule has 2 aromatic carbocycles. The monoisotopic (exact) mass is 384 g/mol. The van der Waals surface area contributed by atoms with Crippen molar-refractivity contribution in [3.05, 3.63) is 59.7 Å². The van der Waals surface area contributed by atoms with Gasteiger partial charge >= 0.3 is 0 Å². The number of nitrogens with one attached hydrogen (secondary N) is 1. The van der Waals surface area contributed by atoms with Crippen molar-refractivity contribution in [2.45, 2.75) is 6.54 Å². The van der Waals surface area contributed by atoms with Crippen LogP contribution in [0.4, 0.5) is 14.5 Å². The fourth-order valence-corrected chi connectivity index (χ4v) is 3.08. The Morgan fingerprint density at radius 2 is 1.69 bits per heavy atom. The Bertz CT molecular complexity index is 866. The Kier molecular flexibility index (Phi) is 6.14. The SMILES string of the molecule is COc1ccc(CNC(=O)CN(c2c(F)cccc2F)S(C)(=O)=O)cc1. The highest BCUT2D eigenvalue weighted by Crippen LogP contribution is 2.25. The average Bonchev–Trinajstić information content (AvgIpc) is 2.58. The highest BCUT2D eigenvalue weighted by atomic mass is 32.2. The molecular formula is C17H18F2N2O4S. The molecular weight excluding hydrogens is 366 g/mol. The number of carbonyl (C=O) groups excluding carboxylic acids is 1. The van der Waals surface area contributed by atoms with Gasteiger partial charge in [-0.2, -0.15) is 0 Å². The number of benzene rings is 2. The van der Waals surface area contributed by atoms with E-state index in [0.717, 1.165) is 30.0 Å². The molecule has 140 valence electrons. The minimum atomic E-state index is -4.07. The molecule has 0 heterocycles. The molecule has 0 unspecified atom stereocenters. The maximum atomic E-state index is 13.9. The molecule has 0 saturated heterocycles. The lowest BCUT2D eigenvalue weighted by Gasteiger charge is -2.22. The van der Waals surface area contributed by atoms with Gasteiger partial charge in [-0.25, -0.2) is 17.2 Å². The molecule has 0 aliphatic rings. The molecule has 0 bridgehead atoms. The van der Waals surface area contributed by atoms with Crippen LogP contribution in [0.5, 0.6) is 5.75 Å². The summed E-state index contributed by atoms with van der Waals surface area (Å²) in [7, 11) is -2.55. The molecule has 0 spiro atoms. The number of amides is 1. The topological polar surface area (TPSA) is 75.7 Å². The van der Waals surface area contributed by atoms with Crippen molar-refractivity contribution in [3.63, 3.8) is 0 Å². The van der Waals surface area contributed by atoms with Crippen LogP contribution in [0.2, 0.25) is 0 Å². The van der Waals surface area contributed by atoms with Crippen LogP contribution in [0.25, 0.3) is 0 Å². The Morgan fingerprint density at radius 1 is 1.12 bits per heavy atom. The summed E-state index contributed by atoms with van der Waals surface area (Å²) in [4.78, 5) is 12.1. The van der Waals surface area contributed by atoms with Crippen molar-refractivity contribution in [3.8, 4) is 5.75 Å². The maximum absolute atomic E-state index is 13.9. The van der Waals surface area contributed by atoms with Crippen LogP contribution in [0, 0.1) is 11.6 Å². The van der Waals surface area contributed by atoms with Crippen molar-refractivity contribution in [1.29, 1.82) is 0 Å². The maximum Gasteiger partial charge on any atom is 0.241 e. The number of anilines is 1. The number of ether oxygens (including phenoxy) is 1. The van der Waals surface area contributed by atoms with Crippen LogP contribution < -0.4 is 14.4 Å². The van der Waals surface area contributed by atoms with Gasteiger partial charge in [0.15, 0.2) is 11.6 Å². The summed E-state index contributed by atoms with van der Waals surface area (Å²) >= 11 is 0. The standard InChI is InChI=1S/C17H18F2N2O4S/c1-25-13-8-6-12(7-9-13)10-20-16(22)11-21(26(2,23)24)17-14(18)4-3-5-15(17)19/h3-9H,10-11H2,1-2H3,(H,20,22). The summed E-state index contributed by atoms with van der Waals surface area (Å²) in [6, 6.07) is 9.82. The van der Waals surface area contributed by atoms with Gasteiger partial charge in [-0.3, -0.25) is 9.10 Å². The molecule has 1 N–H and O–H groups in total. The molecule has 0 aromatic heterocycles. The predicted molar refractivity (Wildman–Crippen MR) is 93.4 cm³/mol. The number of rotatable bonds is 7. The third kappa shape index (κ3) is 4.92. The Balaban J connectivity index is 2.12. The van der Waals surface area contributed by atoms with Crippen molar-refractivity contribution in [2.75, 3.05) is 24.2 Å². The molecule has 0 saturated carbocycles. The van der Waals surface area contributed by atoms with Crippen molar-refractivity contribution >= 4 is 21.6 Å². The molecule has 6 nitrogen and oxygen atoms in total. The summed E-state index contributed by atoms with van der Waals surface area (Å²) in [5.74, 6) is -2.19. The van der Waals surface area contributed by atoms with E-state index in [1.165, 1.54) is 7.11 Å². The van der Waals surface area contributed by atoms with Gasteiger partial charge < -0.3 is 10.1 Å². The van der Waals surface area contributed by atoms with Crippen LogP contribution in [-0.2, 0) is 21.4 Å². The van der Waals surface area contributed by atoms with E-state index in [0.29, 0.717) is 10.1 Å². The summed E-state index contributed by atoms with van der Waals surface area (Å²) in [6.45, 7) is -0.618. The second-order valence-corrected chi connectivity index (χ2v) is 7.37. The Labute approximate surface area is 150 Å². The van der Waals surface area contributed by atoms with E-state index in [1.807, 2.05) is 0 Å². The number of hydrogen-bond donors (Lipinski definition) is 1. The summed E-state index contributed by atoms with van der Waals surface area (Å²) in [6.07, 6.45) is 0.773. The third-order valence-electron chi connectivity index (χ3n) is 3.52. The number of methoxy groups -OCH3 is 1. The number of hydrogen-bond acceptors (Lipinski definition) is 4. The van der Waals surface area contributed by atoms with Crippen LogP contribution in [0.3, 0.4) is 0 Å². The minimum absolute atomic E-state index is 0.125. The van der Waals surface area contributed by atoms with Gasteiger partial charge in [-0.05, 0) is 29.8 Å². The summed E-state index contributed by atoms with van der Waals surface area (Å²) < 4.78 is 57.1. The first-order valence-corrected chi connectivity index (χ1v) is 9.38. The second kappa shape index (κ2) is 8.13. The number of carbonyl (C=O) groups is 1. The van der Waals surface area contributed by atoms with Crippen molar-refractivity contribution in [2.24, 2.45) is 0 Å². The number of halogens is 2. The zero-order valence-corrected chi connectivity index (χ0v) is 15.0. The van der Waals surface area contributed by atoms with Crippen LogP contribution >= 0.6 is 0 Å². The van der Waals surface area contributed by atoms with Gasteiger partial charge in [0.1, 0.15) is 18.0 Å². The number of para-hydroxylation sites is 1. The van der Waals surface area contributed by atoms with E-state index < -0.39 is 39.8 Å². The molecule has 26 heavy (non-hydrogen) atoms. The van der Waals surface area contributed by atoms with Gasteiger partial charge in [0.2, 0.25) is 15.9 Å². The van der Waals surface area contributed by atoms with E-state index in [-0.39, 0.29) is 6.54 Å². The lowest BCUT2D eigenvalue weighted by Crippen LogP contribution is -2.41. The number of sulfonamides is 1. The summed E-state index contributed by atoms with van der Waals surface area (Å²) in [5, 5.41) is 2.52. The molecule has 0 aliphatic heterocycles. The van der Waals surface area contributed by atoms with Crippen molar-refractivity contribution < 1.29 is 26.7 Å². The fraction of sp³-hybridized carbons (Fsp3) is 0.235. The predicted octanol–water partition coefficient (Wildman–Crippen LogP) is 2.06. The van der Waals surface area contributed by atoms with Crippen LogP contribution in [-0.4, -0.2) is 34.2 Å². The Hall–Kier alpha value is -2.68.